The number of benzene rings is 1. The number of halogens is 3. The summed E-state index contributed by atoms with van der Waals surface area (Å²) in [5.41, 5.74) is -0.669. The molecule has 1 fully saturated rings. The molecule has 0 aliphatic carbocycles. The first-order chi connectivity index (χ1) is 11.1. The normalized spacial score (nSPS) is 22.2. The third-order valence-corrected chi connectivity index (χ3v) is 4.67. The summed E-state index contributed by atoms with van der Waals surface area (Å²) in [6.45, 7) is 6.86. The number of carbonyl (C=O) groups excluding carboxylic acids is 1. The van der Waals surface area contributed by atoms with Crippen LogP contribution in [0.5, 0.6) is 0 Å². The fraction of sp³-hybridized carbons (Fsp3) is 0.611. The summed E-state index contributed by atoms with van der Waals surface area (Å²) < 4.78 is 38.6. The molecule has 0 spiro atoms. The van der Waals surface area contributed by atoms with Gasteiger partial charge in [0.05, 0.1) is 5.56 Å². The zero-order chi connectivity index (χ0) is 18.0. The molecular formula is C18H25F3N2O. The molecule has 1 aromatic rings. The van der Waals surface area contributed by atoms with E-state index in [2.05, 4.69) is 10.6 Å². The average Bonchev–Trinajstić information content (AvgIpc) is 2.52. The summed E-state index contributed by atoms with van der Waals surface area (Å²) in [6, 6.07) is 5.63. The minimum absolute atomic E-state index is 0.0107. The van der Waals surface area contributed by atoms with Gasteiger partial charge in [0.1, 0.15) is 0 Å². The molecule has 1 heterocycles. The number of hydrogen-bond donors (Lipinski definition) is 2. The minimum atomic E-state index is -4.36. The van der Waals surface area contributed by atoms with Crippen molar-refractivity contribution < 1.29 is 18.0 Å². The Kier molecular flexibility index (Phi) is 5.58. The predicted molar refractivity (Wildman–Crippen MR) is 87.7 cm³/mol. The first-order valence-electron chi connectivity index (χ1n) is 8.28. The van der Waals surface area contributed by atoms with Crippen molar-refractivity contribution in [2.24, 2.45) is 5.92 Å². The summed E-state index contributed by atoms with van der Waals surface area (Å²) >= 11 is 0. The van der Waals surface area contributed by atoms with Crippen LogP contribution in [-0.4, -0.2) is 25.0 Å². The third kappa shape index (κ3) is 4.72. The Bertz CT molecular complexity index is 584. The molecule has 6 heteroatoms. The molecule has 24 heavy (non-hydrogen) atoms. The van der Waals surface area contributed by atoms with Gasteiger partial charge in [-0.25, -0.2) is 0 Å². The lowest BCUT2D eigenvalue weighted by atomic mass is 9.83. The van der Waals surface area contributed by atoms with Gasteiger partial charge in [0, 0.05) is 23.9 Å². The van der Waals surface area contributed by atoms with E-state index in [0.29, 0.717) is 18.2 Å². The molecule has 0 radical (unpaired) electrons. The van der Waals surface area contributed by atoms with Crippen LogP contribution in [-0.2, 0) is 16.4 Å². The average molecular weight is 342 g/mol. The van der Waals surface area contributed by atoms with E-state index in [1.165, 1.54) is 12.1 Å². The number of carbonyl (C=O) groups is 1. The fourth-order valence-corrected chi connectivity index (χ4v) is 3.04. The number of nitrogens with one attached hydrogen (secondary N) is 2. The highest BCUT2D eigenvalue weighted by Gasteiger charge is 2.32. The zero-order valence-electron chi connectivity index (χ0n) is 14.3. The third-order valence-electron chi connectivity index (χ3n) is 4.67. The van der Waals surface area contributed by atoms with Gasteiger partial charge >= 0.3 is 6.18 Å². The van der Waals surface area contributed by atoms with Crippen molar-refractivity contribution >= 4 is 5.91 Å². The lowest BCUT2D eigenvalue weighted by molar-refractivity contribution is -0.137. The van der Waals surface area contributed by atoms with Gasteiger partial charge < -0.3 is 10.6 Å². The summed E-state index contributed by atoms with van der Waals surface area (Å²) in [6.07, 6.45) is -2.78. The van der Waals surface area contributed by atoms with Crippen LogP contribution in [0.3, 0.4) is 0 Å². The van der Waals surface area contributed by atoms with Gasteiger partial charge in [0.2, 0.25) is 5.91 Å². The Morgan fingerprint density at radius 3 is 2.58 bits per heavy atom. The molecule has 1 aromatic carbocycles. The maximum Gasteiger partial charge on any atom is 0.416 e. The van der Waals surface area contributed by atoms with Gasteiger partial charge in [-0.05, 0) is 37.9 Å². The minimum Gasteiger partial charge on any atom is -0.355 e. The highest BCUT2D eigenvalue weighted by molar-refractivity contribution is 5.79. The molecule has 1 aliphatic heterocycles. The highest BCUT2D eigenvalue weighted by atomic mass is 19.4. The number of piperidine rings is 1. The second-order valence-electron chi connectivity index (χ2n) is 7.26. The summed E-state index contributed by atoms with van der Waals surface area (Å²) in [5.74, 6) is -0.0399. The molecule has 1 amide bonds. The molecule has 2 N–H and O–H groups in total. The summed E-state index contributed by atoms with van der Waals surface area (Å²) in [5, 5.41) is 6.22. The number of hydrogen-bond acceptors (Lipinski definition) is 2. The second kappa shape index (κ2) is 7.13. The van der Waals surface area contributed by atoms with Crippen molar-refractivity contribution in [3.05, 3.63) is 35.4 Å². The van der Waals surface area contributed by atoms with Gasteiger partial charge in [-0.2, -0.15) is 13.2 Å². The van der Waals surface area contributed by atoms with E-state index in [1.807, 2.05) is 20.8 Å². The summed E-state index contributed by atoms with van der Waals surface area (Å²) in [7, 11) is 0. The number of amides is 1. The van der Waals surface area contributed by atoms with Crippen molar-refractivity contribution in [2.75, 3.05) is 13.1 Å². The van der Waals surface area contributed by atoms with Crippen LogP contribution in [0.25, 0.3) is 0 Å². The molecular weight excluding hydrogens is 317 g/mol. The predicted octanol–water partition coefficient (Wildman–Crippen LogP) is 3.49. The van der Waals surface area contributed by atoms with E-state index in [4.69, 9.17) is 0 Å². The van der Waals surface area contributed by atoms with Crippen LogP contribution in [0.15, 0.2) is 24.3 Å². The smallest absolute Gasteiger partial charge is 0.355 e. The Morgan fingerprint density at radius 2 is 1.96 bits per heavy atom. The maximum absolute atomic E-state index is 12.9. The monoisotopic (exact) mass is 342 g/mol. The van der Waals surface area contributed by atoms with Gasteiger partial charge in [-0.15, -0.1) is 0 Å². The Labute approximate surface area is 141 Å². The van der Waals surface area contributed by atoms with E-state index in [0.717, 1.165) is 25.5 Å². The summed E-state index contributed by atoms with van der Waals surface area (Å²) in [4.78, 5) is 12.3. The van der Waals surface area contributed by atoms with E-state index in [-0.39, 0.29) is 11.8 Å². The quantitative estimate of drug-likeness (QED) is 0.879. The molecule has 0 saturated carbocycles. The molecule has 1 aliphatic rings. The van der Waals surface area contributed by atoms with Crippen molar-refractivity contribution in [3.63, 3.8) is 0 Å². The van der Waals surface area contributed by atoms with E-state index >= 15 is 0 Å². The van der Waals surface area contributed by atoms with Crippen molar-refractivity contribution in [1.29, 1.82) is 0 Å². The van der Waals surface area contributed by atoms with Crippen LogP contribution in [0, 0.1) is 5.92 Å². The van der Waals surface area contributed by atoms with Crippen LogP contribution in [0.1, 0.15) is 44.7 Å². The van der Waals surface area contributed by atoms with Gasteiger partial charge in [-0.3, -0.25) is 4.79 Å². The number of rotatable bonds is 4. The first kappa shape index (κ1) is 18.8. The van der Waals surface area contributed by atoms with Gasteiger partial charge in [-0.1, -0.05) is 32.0 Å². The largest absolute Gasteiger partial charge is 0.416 e. The van der Waals surface area contributed by atoms with Gasteiger partial charge in [0.15, 0.2) is 0 Å². The van der Waals surface area contributed by atoms with Crippen LogP contribution in [0.4, 0.5) is 13.2 Å². The Morgan fingerprint density at radius 1 is 1.29 bits per heavy atom. The van der Waals surface area contributed by atoms with Crippen molar-refractivity contribution in [2.45, 2.75) is 51.2 Å². The molecule has 0 bridgehead atoms. The van der Waals surface area contributed by atoms with Crippen LogP contribution < -0.4 is 10.6 Å². The molecule has 2 atom stereocenters. The molecule has 1 saturated heterocycles. The topological polar surface area (TPSA) is 41.1 Å². The fourth-order valence-electron chi connectivity index (χ4n) is 3.04. The maximum atomic E-state index is 12.9. The highest BCUT2D eigenvalue weighted by Crippen LogP contribution is 2.32. The molecule has 0 aromatic heterocycles. The Hall–Kier alpha value is -1.56. The molecule has 2 rings (SSSR count). The number of alkyl halides is 3. The standard InChI is InChI=1S/C18H25F3N2O/c1-12-9-13(7-8-22-12)16(24)23-11-17(2,3)14-5-4-6-15(10-14)18(19,20)21/h4-6,10,12-13,22H,7-9,11H2,1-3H3,(H,23,24)/t12-,13-/m0/s1. The van der Waals surface area contributed by atoms with E-state index in [1.54, 1.807) is 6.07 Å². The Balaban J connectivity index is 2.02. The first-order valence-corrected chi connectivity index (χ1v) is 8.28. The lowest BCUT2D eigenvalue weighted by Crippen LogP contribution is -2.45. The lowest BCUT2D eigenvalue weighted by Gasteiger charge is -2.30. The second-order valence-corrected chi connectivity index (χ2v) is 7.26. The van der Waals surface area contributed by atoms with E-state index < -0.39 is 17.2 Å². The van der Waals surface area contributed by atoms with Crippen LogP contribution in [0.2, 0.25) is 0 Å². The van der Waals surface area contributed by atoms with Crippen molar-refractivity contribution in [3.8, 4) is 0 Å². The zero-order valence-corrected chi connectivity index (χ0v) is 14.3. The molecule has 134 valence electrons. The van der Waals surface area contributed by atoms with Gasteiger partial charge in [0.25, 0.3) is 0 Å². The molecule has 3 nitrogen and oxygen atoms in total. The molecule has 0 unspecified atom stereocenters. The SMILES string of the molecule is C[C@H]1C[C@@H](C(=O)NCC(C)(C)c2cccc(C(F)(F)F)c2)CCN1. The van der Waals surface area contributed by atoms with Crippen LogP contribution >= 0.6 is 0 Å². The van der Waals surface area contributed by atoms with Crippen molar-refractivity contribution in [1.82, 2.24) is 10.6 Å². The van der Waals surface area contributed by atoms with E-state index in [9.17, 15) is 18.0 Å².